The predicted molar refractivity (Wildman–Crippen MR) is 103 cm³/mol. The molecular formula is C18H16N6OS. The van der Waals surface area contributed by atoms with E-state index in [9.17, 15) is 0 Å². The second kappa shape index (κ2) is 7.32. The molecule has 7 nitrogen and oxygen atoms in total. The number of hydrogen-bond donors (Lipinski definition) is 2. The Balaban J connectivity index is 1.35. The van der Waals surface area contributed by atoms with E-state index in [0.717, 1.165) is 34.9 Å². The molecule has 0 saturated heterocycles. The van der Waals surface area contributed by atoms with Gasteiger partial charge in [0.2, 0.25) is 5.88 Å². The molecule has 3 heterocycles. The molecule has 0 aliphatic carbocycles. The maximum Gasteiger partial charge on any atom is 0.221 e. The van der Waals surface area contributed by atoms with Crippen molar-refractivity contribution >= 4 is 33.2 Å². The molecule has 0 saturated carbocycles. The van der Waals surface area contributed by atoms with Crippen molar-refractivity contribution in [3.05, 3.63) is 60.0 Å². The summed E-state index contributed by atoms with van der Waals surface area (Å²) < 4.78 is 5.70. The first kappa shape index (κ1) is 16.2. The maximum atomic E-state index is 5.73. The Hall–Kier alpha value is -3.26. The molecule has 0 unspecified atom stereocenters. The van der Waals surface area contributed by atoms with E-state index in [0.29, 0.717) is 11.6 Å². The number of nitrogens with two attached hydrogens (primary N) is 1. The van der Waals surface area contributed by atoms with E-state index in [1.807, 2.05) is 24.3 Å². The van der Waals surface area contributed by atoms with Crippen LogP contribution in [-0.4, -0.2) is 26.5 Å². The van der Waals surface area contributed by atoms with Crippen LogP contribution >= 0.6 is 11.3 Å². The number of rotatable bonds is 6. The summed E-state index contributed by atoms with van der Waals surface area (Å²) in [7, 11) is 0. The monoisotopic (exact) mass is 364 g/mol. The van der Waals surface area contributed by atoms with E-state index in [1.165, 1.54) is 16.9 Å². The fourth-order valence-electron chi connectivity index (χ4n) is 2.47. The summed E-state index contributed by atoms with van der Waals surface area (Å²) in [5, 5.41) is 3.32. The van der Waals surface area contributed by atoms with Crippen molar-refractivity contribution in [3.8, 4) is 11.6 Å². The first-order valence-corrected chi connectivity index (χ1v) is 8.92. The average Bonchev–Trinajstić information content (AvgIpc) is 3.13. The summed E-state index contributed by atoms with van der Waals surface area (Å²) >= 11 is 1.51. The van der Waals surface area contributed by atoms with Crippen LogP contribution in [-0.2, 0) is 6.42 Å². The second-order valence-electron chi connectivity index (χ2n) is 5.58. The molecule has 0 aliphatic heterocycles. The lowest BCUT2D eigenvalue weighted by molar-refractivity contribution is 0.463. The number of ether oxygens (including phenoxy) is 1. The number of fused-ring (bicyclic) bond motifs is 1. The fourth-order valence-corrected chi connectivity index (χ4v) is 3.10. The molecule has 0 aliphatic rings. The molecule has 0 radical (unpaired) electrons. The van der Waals surface area contributed by atoms with Gasteiger partial charge in [-0.05, 0) is 30.2 Å². The van der Waals surface area contributed by atoms with Crippen LogP contribution in [0, 0.1) is 0 Å². The quantitative estimate of drug-likeness (QED) is 0.540. The van der Waals surface area contributed by atoms with Gasteiger partial charge >= 0.3 is 0 Å². The zero-order valence-corrected chi connectivity index (χ0v) is 14.6. The molecule has 4 aromatic rings. The molecule has 3 aromatic heterocycles. The van der Waals surface area contributed by atoms with Gasteiger partial charge in [-0.3, -0.25) is 0 Å². The van der Waals surface area contributed by atoms with Gasteiger partial charge < -0.3 is 15.8 Å². The number of aromatic nitrogens is 4. The number of anilines is 2. The molecule has 0 amide bonds. The SMILES string of the molecule is Nc1ccnc(Oc2ccc(CCNc3ncnc4scnc34)cc2)c1. The van der Waals surface area contributed by atoms with Gasteiger partial charge in [-0.15, -0.1) is 11.3 Å². The maximum absolute atomic E-state index is 5.73. The van der Waals surface area contributed by atoms with Crippen molar-refractivity contribution in [2.75, 3.05) is 17.6 Å². The van der Waals surface area contributed by atoms with Gasteiger partial charge in [0.05, 0.1) is 5.51 Å². The van der Waals surface area contributed by atoms with E-state index in [2.05, 4.69) is 25.3 Å². The van der Waals surface area contributed by atoms with Crippen LogP contribution < -0.4 is 15.8 Å². The minimum Gasteiger partial charge on any atom is -0.439 e. The largest absolute Gasteiger partial charge is 0.439 e. The summed E-state index contributed by atoms with van der Waals surface area (Å²) in [5.74, 6) is 1.97. The highest BCUT2D eigenvalue weighted by Gasteiger charge is 2.05. The number of pyridine rings is 1. The second-order valence-corrected chi connectivity index (χ2v) is 6.41. The summed E-state index contributed by atoms with van der Waals surface area (Å²) in [6.45, 7) is 0.751. The van der Waals surface area contributed by atoms with Crippen LogP contribution in [0.5, 0.6) is 11.6 Å². The highest BCUT2D eigenvalue weighted by atomic mass is 32.1. The van der Waals surface area contributed by atoms with E-state index < -0.39 is 0 Å². The first-order chi connectivity index (χ1) is 12.8. The molecule has 130 valence electrons. The summed E-state index contributed by atoms with van der Waals surface area (Å²) in [6, 6.07) is 11.3. The lowest BCUT2D eigenvalue weighted by Gasteiger charge is -2.08. The summed E-state index contributed by atoms with van der Waals surface area (Å²) in [6.07, 6.45) is 4.03. The third kappa shape index (κ3) is 3.70. The molecule has 26 heavy (non-hydrogen) atoms. The number of nitrogens with one attached hydrogen (secondary N) is 1. The van der Waals surface area contributed by atoms with E-state index in [4.69, 9.17) is 10.5 Å². The smallest absolute Gasteiger partial charge is 0.221 e. The number of thiazole rings is 1. The van der Waals surface area contributed by atoms with Gasteiger partial charge in [0.25, 0.3) is 0 Å². The van der Waals surface area contributed by atoms with Crippen LogP contribution in [0.25, 0.3) is 10.3 Å². The molecule has 1 aromatic carbocycles. The average molecular weight is 364 g/mol. The van der Waals surface area contributed by atoms with E-state index in [-0.39, 0.29) is 0 Å². The van der Waals surface area contributed by atoms with Crippen molar-refractivity contribution in [1.82, 2.24) is 19.9 Å². The third-order valence-corrected chi connectivity index (χ3v) is 4.48. The number of nitrogens with zero attached hydrogens (tertiary/aromatic N) is 4. The van der Waals surface area contributed by atoms with Crippen LogP contribution in [0.3, 0.4) is 0 Å². The summed E-state index contributed by atoms with van der Waals surface area (Å²) in [4.78, 5) is 17.8. The zero-order chi connectivity index (χ0) is 17.8. The molecule has 4 rings (SSSR count). The minimum absolute atomic E-state index is 0.482. The lowest BCUT2D eigenvalue weighted by Crippen LogP contribution is -2.07. The van der Waals surface area contributed by atoms with Crippen molar-refractivity contribution in [2.24, 2.45) is 0 Å². The van der Waals surface area contributed by atoms with Gasteiger partial charge in [0.1, 0.15) is 22.4 Å². The number of benzene rings is 1. The molecular weight excluding hydrogens is 348 g/mol. The van der Waals surface area contributed by atoms with Gasteiger partial charge in [0, 0.05) is 24.5 Å². The van der Waals surface area contributed by atoms with Gasteiger partial charge in [-0.1, -0.05) is 12.1 Å². The van der Waals surface area contributed by atoms with Crippen molar-refractivity contribution < 1.29 is 4.74 Å². The third-order valence-electron chi connectivity index (χ3n) is 3.75. The molecule has 0 bridgehead atoms. The Labute approximate surface area is 153 Å². The topological polar surface area (TPSA) is 98.8 Å². The Kier molecular flexibility index (Phi) is 4.57. The van der Waals surface area contributed by atoms with Crippen LogP contribution in [0.4, 0.5) is 11.5 Å². The first-order valence-electron chi connectivity index (χ1n) is 8.04. The van der Waals surface area contributed by atoms with Crippen LogP contribution in [0.2, 0.25) is 0 Å². The standard InChI is InChI=1S/C18H16N6OS/c19-13-6-8-20-15(9-13)25-14-3-1-12(2-4-14)5-7-21-17-16-18(23-10-22-17)26-11-24-16/h1-4,6,8-11H,5,7H2,(H2,19,20)(H,21,22,23). The predicted octanol–water partition coefficient (Wildman–Crippen LogP) is 3.51. The molecule has 8 heteroatoms. The van der Waals surface area contributed by atoms with Crippen LogP contribution in [0.1, 0.15) is 5.56 Å². The van der Waals surface area contributed by atoms with Gasteiger partial charge in [-0.2, -0.15) is 0 Å². The minimum atomic E-state index is 0.482. The normalized spacial score (nSPS) is 10.8. The molecule has 3 N–H and O–H groups in total. The van der Waals surface area contributed by atoms with E-state index in [1.54, 1.807) is 30.2 Å². The molecule has 0 atom stereocenters. The van der Waals surface area contributed by atoms with Crippen molar-refractivity contribution in [2.45, 2.75) is 6.42 Å². The van der Waals surface area contributed by atoms with Crippen molar-refractivity contribution in [1.29, 1.82) is 0 Å². The van der Waals surface area contributed by atoms with Crippen LogP contribution in [0.15, 0.2) is 54.4 Å². The fraction of sp³-hybridized carbons (Fsp3) is 0.111. The van der Waals surface area contributed by atoms with Gasteiger partial charge in [0.15, 0.2) is 5.82 Å². The molecule has 0 spiro atoms. The Morgan fingerprint density at radius 2 is 1.92 bits per heavy atom. The van der Waals surface area contributed by atoms with Gasteiger partial charge in [-0.25, -0.2) is 19.9 Å². The van der Waals surface area contributed by atoms with E-state index >= 15 is 0 Å². The number of hydrogen-bond acceptors (Lipinski definition) is 8. The highest BCUT2D eigenvalue weighted by Crippen LogP contribution is 2.22. The number of nitrogen functional groups attached to an aromatic ring is 1. The Morgan fingerprint density at radius 1 is 1.04 bits per heavy atom. The zero-order valence-electron chi connectivity index (χ0n) is 13.8. The lowest BCUT2D eigenvalue weighted by atomic mass is 10.1. The molecule has 0 fully saturated rings. The Bertz CT molecular complexity index is 1020. The summed E-state index contributed by atoms with van der Waals surface area (Å²) in [5.41, 5.74) is 10.1. The highest BCUT2D eigenvalue weighted by molar-refractivity contribution is 7.16. The Morgan fingerprint density at radius 3 is 2.77 bits per heavy atom. The van der Waals surface area contributed by atoms with Crippen molar-refractivity contribution in [3.63, 3.8) is 0 Å².